The standard InChI is InChI=1S/C9H10N2O2S/c1-13-9(12)6-4-7-8(11-5-6)14-3-2-10-7/h4-5,10H,2-3H2,1H3. The molecule has 0 bridgehead atoms. The predicted molar refractivity (Wildman–Crippen MR) is 54.8 cm³/mol. The Labute approximate surface area is 86.1 Å². The van der Waals surface area contributed by atoms with Crippen LogP contribution in [0, 0.1) is 0 Å². The van der Waals surface area contributed by atoms with E-state index in [4.69, 9.17) is 0 Å². The van der Waals surface area contributed by atoms with Crippen LogP contribution in [0.25, 0.3) is 0 Å². The number of carbonyl (C=O) groups excluding carboxylic acids is 1. The van der Waals surface area contributed by atoms with Crippen LogP contribution in [0.4, 0.5) is 5.69 Å². The summed E-state index contributed by atoms with van der Waals surface area (Å²) in [4.78, 5) is 15.4. The van der Waals surface area contributed by atoms with Crippen molar-refractivity contribution >= 4 is 23.4 Å². The van der Waals surface area contributed by atoms with Crippen molar-refractivity contribution in [3.63, 3.8) is 0 Å². The second-order valence-corrected chi connectivity index (χ2v) is 3.93. The van der Waals surface area contributed by atoms with Gasteiger partial charge in [-0.25, -0.2) is 9.78 Å². The van der Waals surface area contributed by atoms with Crippen LogP contribution in [0.1, 0.15) is 10.4 Å². The van der Waals surface area contributed by atoms with Gasteiger partial charge in [0, 0.05) is 18.5 Å². The van der Waals surface area contributed by atoms with E-state index in [0.717, 1.165) is 23.0 Å². The smallest absolute Gasteiger partial charge is 0.339 e. The van der Waals surface area contributed by atoms with Crippen LogP contribution in [0.2, 0.25) is 0 Å². The molecule has 2 rings (SSSR count). The SMILES string of the molecule is COC(=O)c1cnc2c(c1)NCCS2. The number of hydrogen-bond acceptors (Lipinski definition) is 5. The molecule has 0 spiro atoms. The van der Waals surface area contributed by atoms with E-state index in [1.54, 1.807) is 24.0 Å². The molecule has 0 aromatic carbocycles. The fourth-order valence-corrected chi connectivity index (χ4v) is 2.07. The summed E-state index contributed by atoms with van der Waals surface area (Å²) in [5.41, 5.74) is 1.41. The third kappa shape index (κ3) is 1.68. The Morgan fingerprint density at radius 3 is 3.36 bits per heavy atom. The first-order valence-corrected chi connectivity index (χ1v) is 5.25. The minimum atomic E-state index is -0.349. The predicted octanol–water partition coefficient (Wildman–Crippen LogP) is 1.39. The molecule has 1 N–H and O–H groups in total. The second-order valence-electron chi connectivity index (χ2n) is 2.84. The Hall–Kier alpha value is -1.23. The lowest BCUT2D eigenvalue weighted by Crippen LogP contribution is -2.12. The van der Waals surface area contributed by atoms with Gasteiger partial charge < -0.3 is 10.1 Å². The third-order valence-electron chi connectivity index (χ3n) is 1.93. The molecule has 0 aliphatic carbocycles. The number of hydrogen-bond donors (Lipinski definition) is 1. The van der Waals surface area contributed by atoms with E-state index in [1.807, 2.05) is 0 Å². The fourth-order valence-electron chi connectivity index (χ4n) is 1.26. The number of nitrogens with one attached hydrogen (secondary N) is 1. The number of methoxy groups -OCH3 is 1. The van der Waals surface area contributed by atoms with Crippen LogP contribution in [-0.2, 0) is 4.74 Å². The quantitative estimate of drug-likeness (QED) is 0.710. The van der Waals surface area contributed by atoms with E-state index in [2.05, 4.69) is 15.0 Å². The highest BCUT2D eigenvalue weighted by Gasteiger charge is 2.13. The number of nitrogens with zero attached hydrogens (tertiary/aromatic N) is 1. The zero-order valence-electron chi connectivity index (χ0n) is 7.74. The first-order chi connectivity index (χ1) is 6.81. The average molecular weight is 210 g/mol. The van der Waals surface area contributed by atoms with Gasteiger partial charge in [-0.05, 0) is 6.07 Å². The fraction of sp³-hybridized carbons (Fsp3) is 0.333. The van der Waals surface area contributed by atoms with Crippen molar-refractivity contribution < 1.29 is 9.53 Å². The number of rotatable bonds is 1. The van der Waals surface area contributed by atoms with Crippen molar-refractivity contribution in [2.75, 3.05) is 24.7 Å². The van der Waals surface area contributed by atoms with E-state index < -0.39 is 0 Å². The minimum absolute atomic E-state index is 0.349. The maximum absolute atomic E-state index is 11.2. The summed E-state index contributed by atoms with van der Waals surface area (Å²) in [6.07, 6.45) is 1.55. The zero-order valence-corrected chi connectivity index (χ0v) is 8.56. The Kier molecular flexibility index (Phi) is 2.58. The lowest BCUT2D eigenvalue weighted by Gasteiger charge is -2.16. The van der Waals surface area contributed by atoms with Crippen LogP contribution in [0.15, 0.2) is 17.3 Å². The molecule has 4 nitrogen and oxygen atoms in total. The molecule has 1 aliphatic rings. The van der Waals surface area contributed by atoms with Gasteiger partial charge in [-0.15, -0.1) is 11.8 Å². The van der Waals surface area contributed by atoms with Gasteiger partial charge in [-0.2, -0.15) is 0 Å². The number of carbonyl (C=O) groups is 1. The number of pyridine rings is 1. The number of aromatic nitrogens is 1. The highest BCUT2D eigenvalue weighted by atomic mass is 32.2. The number of thioether (sulfide) groups is 1. The number of ether oxygens (including phenoxy) is 1. The molecule has 5 heteroatoms. The van der Waals surface area contributed by atoms with E-state index in [0.29, 0.717) is 5.56 Å². The maximum Gasteiger partial charge on any atom is 0.339 e. The molecule has 0 fully saturated rings. The van der Waals surface area contributed by atoms with Gasteiger partial charge in [-0.3, -0.25) is 0 Å². The molecule has 0 saturated carbocycles. The third-order valence-corrected chi connectivity index (χ3v) is 2.94. The van der Waals surface area contributed by atoms with Crippen LogP contribution in [0.5, 0.6) is 0 Å². The van der Waals surface area contributed by atoms with Crippen LogP contribution in [0.3, 0.4) is 0 Å². The normalized spacial score (nSPS) is 14.1. The molecule has 14 heavy (non-hydrogen) atoms. The first kappa shape index (κ1) is 9.33. The molecule has 1 aromatic heterocycles. The first-order valence-electron chi connectivity index (χ1n) is 4.26. The van der Waals surface area contributed by atoms with Gasteiger partial charge in [0.05, 0.1) is 18.4 Å². The minimum Gasteiger partial charge on any atom is -0.465 e. The summed E-state index contributed by atoms with van der Waals surface area (Å²) < 4.78 is 4.61. The van der Waals surface area contributed by atoms with Gasteiger partial charge in [0.1, 0.15) is 5.03 Å². The van der Waals surface area contributed by atoms with Gasteiger partial charge >= 0.3 is 5.97 Å². The summed E-state index contributed by atoms with van der Waals surface area (Å²) in [5.74, 6) is 0.662. The molecule has 2 heterocycles. The molecule has 0 saturated heterocycles. The Balaban J connectivity index is 2.33. The van der Waals surface area contributed by atoms with Crippen molar-refractivity contribution in [2.24, 2.45) is 0 Å². The highest BCUT2D eigenvalue weighted by molar-refractivity contribution is 7.99. The van der Waals surface area contributed by atoms with Crippen LogP contribution < -0.4 is 5.32 Å². The topological polar surface area (TPSA) is 51.2 Å². The van der Waals surface area contributed by atoms with Gasteiger partial charge in [0.15, 0.2) is 0 Å². The molecule has 0 atom stereocenters. The number of anilines is 1. The van der Waals surface area contributed by atoms with Crippen molar-refractivity contribution in [1.29, 1.82) is 0 Å². The van der Waals surface area contributed by atoms with E-state index in [9.17, 15) is 4.79 Å². The van der Waals surface area contributed by atoms with Gasteiger partial charge in [-0.1, -0.05) is 0 Å². The van der Waals surface area contributed by atoms with E-state index >= 15 is 0 Å². The Morgan fingerprint density at radius 2 is 2.57 bits per heavy atom. The maximum atomic E-state index is 11.2. The van der Waals surface area contributed by atoms with E-state index in [-0.39, 0.29) is 5.97 Å². The molecule has 0 amide bonds. The molecular weight excluding hydrogens is 200 g/mol. The Morgan fingerprint density at radius 1 is 1.71 bits per heavy atom. The van der Waals surface area contributed by atoms with Crippen LogP contribution in [-0.4, -0.2) is 30.4 Å². The van der Waals surface area contributed by atoms with Crippen molar-refractivity contribution in [3.8, 4) is 0 Å². The van der Waals surface area contributed by atoms with Gasteiger partial charge in [0.2, 0.25) is 0 Å². The number of fused-ring (bicyclic) bond motifs is 1. The second kappa shape index (κ2) is 3.88. The van der Waals surface area contributed by atoms with Crippen molar-refractivity contribution in [1.82, 2.24) is 4.98 Å². The highest BCUT2D eigenvalue weighted by Crippen LogP contribution is 2.29. The molecule has 1 aliphatic heterocycles. The van der Waals surface area contributed by atoms with E-state index in [1.165, 1.54) is 7.11 Å². The molecule has 74 valence electrons. The van der Waals surface area contributed by atoms with Crippen LogP contribution >= 0.6 is 11.8 Å². The summed E-state index contributed by atoms with van der Waals surface area (Å²) >= 11 is 1.69. The summed E-state index contributed by atoms with van der Waals surface area (Å²) in [7, 11) is 1.37. The molecule has 0 unspecified atom stereocenters. The number of esters is 1. The summed E-state index contributed by atoms with van der Waals surface area (Å²) in [5, 5.41) is 4.14. The molecule has 1 aromatic rings. The Bertz CT molecular complexity index is 368. The largest absolute Gasteiger partial charge is 0.465 e. The molecular formula is C9H10N2O2S. The summed E-state index contributed by atoms with van der Waals surface area (Å²) in [6.45, 7) is 0.907. The lowest BCUT2D eigenvalue weighted by atomic mass is 10.2. The van der Waals surface area contributed by atoms with Gasteiger partial charge in [0.25, 0.3) is 0 Å². The summed E-state index contributed by atoms with van der Waals surface area (Å²) in [6, 6.07) is 1.78. The zero-order chi connectivity index (χ0) is 9.97. The molecule has 0 radical (unpaired) electrons. The average Bonchev–Trinajstić information content (AvgIpc) is 2.27. The van der Waals surface area contributed by atoms with Crippen molar-refractivity contribution in [3.05, 3.63) is 17.8 Å². The van der Waals surface area contributed by atoms with Crippen molar-refractivity contribution in [2.45, 2.75) is 5.03 Å². The monoisotopic (exact) mass is 210 g/mol. The lowest BCUT2D eigenvalue weighted by molar-refractivity contribution is 0.0600.